The van der Waals surface area contributed by atoms with Crippen molar-refractivity contribution in [2.45, 2.75) is 0 Å². The lowest BCUT2D eigenvalue weighted by Gasteiger charge is -1.96. The molecule has 1 aromatic carbocycles. The van der Waals surface area contributed by atoms with Crippen molar-refractivity contribution in [1.29, 1.82) is 5.26 Å². The molecule has 112 valence electrons. The molecule has 3 heterocycles. The van der Waals surface area contributed by atoms with Crippen LogP contribution in [0.15, 0.2) is 47.0 Å². The van der Waals surface area contributed by atoms with Crippen LogP contribution in [0.1, 0.15) is 5.56 Å². The minimum atomic E-state index is -0.0319. The smallest absolute Gasteiger partial charge is 0.227 e. The van der Waals surface area contributed by atoms with Crippen LogP contribution in [-0.4, -0.2) is 21.6 Å². The van der Waals surface area contributed by atoms with E-state index < -0.39 is 0 Å². The van der Waals surface area contributed by atoms with Crippen LogP contribution in [0, 0.1) is 11.3 Å². The van der Waals surface area contributed by atoms with E-state index in [9.17, 15) is 5.11 Å². The summed E-state index contributed by atoms with van der Waals surface area (Å²) in [7, 11) is 1.60. The zero-order valence-corrected chi connectivity index (χ0v) is 12.1. The molecule has 0 fully saturated rings. The second-order valence-corrected chi connectivity index (χ2v) is 5.05. The van der Waals surface area contributed by atoms with E-state index in [2.05, 4.69) is 4.98 Å². The number of fused-ring (bicyclic) bond motifs is 2. The number of pyridine rings is 1. The lowest BCUT2D eigenvalue weighted by molar-refractivity contribution is 0.415. The maximum absolute atomic E-state index is 10.4. The topological polar surface area (TPSA) is 83.7 Å². The fourth-order valence-electron chi connectivity index (χ4n) is 2.53. The number of nitriles is 1. The number of hydrogen-bond donors (Lipinski definition) is 1. The Morgan fingerprint density at radius 3 is 2.91 bits per heavy atom. The van der Waals surface area contributed by atoms with E-state index >= 15 is 0 Å². The second kappa shape index (κ2) is 4.78. The first-order valence-corrected chi connectivity index (χ1v) is 6.89. The number of ether oxygens (including phenoxy) is 1. The molecule has 1 N–H and O–H groups in total. The number of benzene rings is 1. The summed E-state index contributed by atoms with van der Waals surface area (Å²) in [6, 6.07) is 12.5. The number of imidazole rings is 1. The third-order valence-electron chi connectivity index (χ3n) is 3.69. The highest BCUT2D eigenvalue weighted by atomic mass is 16.5. The monoisotopic (exact) mass is 305 g/mol. The van der Waals surface area contributed by atoms with Gasteiger partial charge in [0.05, 0.1) is 18.7 Å². The highest BCUT2D eigenvalue weighted by molar-refractivity contribution is 5.84. The highest BCUT2D eigenvalue weighted by Crippen LogP contribution is 2.34. The van der Waals surface area contributed by atoms with Gasteiger partial charge in [0.15, 0.2) is 11.5 Å². The predicted molar refractivity (Wildman–Crippen MR) is 83.3 cm³/mol. The molecule has 0 aliphatic heterocycles. The normalized spacial score (nSPS) is 11.0. The number of nitrogens with zero attached hydrogens (tertiary/aromatic N) is 3. The van der Waals surface area contributed by atoms with E-state index in [-0.39, 0.29) is 5.88 Å². The van der Waals surface area contributed by atoms with Gasteiger partial charge in [0, 0.05) is 11.6 Å². The van der Waals surface area contributed by atoms with E-state index in [0.29, 0.717) is 28.2 Å². The lowest BCUT2D eigenvalue weighted by atomic mass is 10.2. The molecule has 0 aliphatic rings. The second-order valence-electron chi connectivity index (χ2n) is 5.05. The molecule has 0 amide bonds. The number of methoxy groups -OCH3 is 1. The van der Waals surface area contributed by atoms with Gasteiger partial charge in [0.2, 0.25) is 5.88 Å². The van der Waals surface area contributed by atoms with Crippen molar-refractivity contribution < 1.29 is 14.3 Å². The molecular formula is C17H11N3O3. The third kappa shape index (κ3) is 1.99. The zero-order chi connectivity index (χ0) is 16.0. The SMILES string of the molecule is COc1ccc2oc(-c3nc4cc(C#N)ccn4c3O)cc2c1. The van der Waals surface area contributed by atoms with Crippen molar-refractivity contribution >= 4 is 16.6 Å². The Balaban J connectivity index is 1.91. The molecule has 0 atom stereocenters. The van der Waals surface area contributed by atoms with Crippen molar-refractivity contribution in [2.24, 2.45) is 0 Å². The first-order valence-electron chi connectivity index (χ1n) is 6.89. The summed E-state index contributed by atoms with van der Waals surface area (Å²) in [4.78, 5) is 4.37. The fourth-order valence-corrected chi connectivity index (χ4v) is 2.53. The molecule has 0 spiro atoms. The Morgan fingerprint density at radius 1 is 1.26 bits per heavy atom. The quantitative estimate of drug-likeness (QED) is 0.614. The van der Waals surface area contributed by atoms with Gasteiger partial charge < -0.3 is 14.3 Å². The minimum Gasteiger partial charge on any atom is -0.497 e. The van der Waals surface area contributed by atoms with E-state index in [1.807, 2.05) is 12.1 Å². The van der Waals surface area contributed by atoms with E-state index in [0.717, 1.165) is 11.1 Å². The van der Waals surface area contributed by atoms with E-state index in [1.165, 1.54) is 4.40 Å². The molecule has 0 saturated carbocycles. The number of hydrogen-bond acceptors (Lipinski definition) is 5. The molecular weight excluding hydrogens is 294 g/mol. The number of aromatic nitrogens is 2. The van der Waals surface area contributed by atoms with Crippen LogP contribution in [0.4, 0.5) is 0 Å². The molecule has 4 rings (SSSR count). The van der Waals surface area contributed by atoms with Crippen LogP contribution in [0.25, 0.3) is 28.1 Å². The first kappa shape index (κ1) is 13.2. The van der Waals surface area contributed by atoms with Crippen molar-refractivity contribution in [3.8, 4) is 29.2 Å². The number of furan rings is 1. The van der Waals surface area contributed by atoms with Crippen molar-refractivity contribution in [3.63, 3.8) is 0 Å². The lowest BCUT2D eigenvalue weighted by Crippen LogP contribution is -1.84. The van der Waals surface area contributed by atoms with Crippen LogP contribution in [0.2, 0.25) is 0 Å². The number of aromatic hydroxyl groups is 1. The summed E-state index contributed by atoms with van der Waals surface area (Å²) in [5.74, 6) is 1.14. The minimum absolute atomic E-state index is 0.0319. The van der Waals surface area contributed by atoms with Gasteiger partial charge in [-0.3, -0.25) is 4.40 Å². The van der Waals surface area contributed by atoms with E-state index in [4.69, 9.17) is 14.4 Å². The van der Waals surface area contributed by atoms with Crippen LogP contribution in [-0.2, 0) is 0 Å². The van der Waals surface area contributed by atoms with Gasteiger partial charge in [0.25, 0.3) is 0 Å². The zero-order valence-electron chi connectivity index (χ0n) is 12.1. The average Bonchev–Trinajstić information content (AvgIpc) is 3.14. The van der Waals surface area contributed by atoms with Gasteiger partial charge in [-0.05, 0) is 36.4 Å². The first-order chi connectivity index (χ1) is 11.2. The summed E-state index contributed by atoms with van der Waals surface area (Å²) < 4.78 is 12.5. The molecule has 0 aliphatic carbocycles. The molecule has 3 aromatic heterocycles. The summed E-state index contributed by atoms with van der Waals surface area (Å²) in [5.41, 5.74) is 1.96. The Hall–Kier alpha value is -3.46. The third-order valence-corrected chi connectivity index (χ3v) is 3.69. The number of rotatable bonds is 2. The summed E-state index contributed by atoms with van der Waals surface area (Å²) in [6.07, 6.45) is 1.60. The van der Waals surface area contributed by atoms with Crippen LogP contribution in [0.5, 0.6) is 11.6 Å². The average molecular weight is 305 g/mol. The maximum atomic E-state index is 10.4. The largest absolute Gasteiger partial charge is 0.497 e. The van der Waals surface area contributed by atoms with Gasteiger partial charge in [-0.25, -0.2) is 4.98 Å². The van der Waals surface area contributed by atoms with Gasteiger partial charge in [-0.1, -0.05) is 0 Å². The van der Waals surface area contributed by atoms with Crippen molar-refractivity contribution in [1.82, 2.24) is 9.38 Å². The molecule has 0 unspecified atom stereocenters. The fraction of sp³-hybridized carbons (Fsp3) is 0.0588. The molecule has 23 heavy (non-hydrogen) atoms. The maximum Gasteiger partial charge on any atom is 0.227 e. The standard InChI is InChI=1S/C17H11N3O3/c1-22-12-2-3-13-11(7-12)8-14(23-13)16-17(21)20-5-4-10(9-18)6-15(20)19-16/h2-8,21H,1H3. The molecule has 6 nitrogen and oxygen atoms in total. The summed E-state index contributed by atoms with van der Waals surface area (Å²) >= 11 is 0. The van der Waals surface area contributed by atoms with Gasteiger partial charge >= 0.3 is 0 Å². The highest BCUT2D eigenvalue weighted by Gasteiger charge is 2.17. The van der Waals surface area contributed by atoms with Crippen molar-refractivity contribution in [3.05, 3.63) is 48.2 Å². The van der Waals surface area contributed by atoms with Crippen molar-refractivity contribution in [2.75, 3.05) is 7.11 Å². The molecule has 4 aromatic rings. The van der Waals surface area contributed by atoms with Gasteiger partial charge in [-0.2, -0.15) is 5.26 Å². The van der Waals surface area contributed by atoms with Gasteiger partial charge in [-0.15, -0.1) is 0 Å². The van der Waals surface area contributed by atoms with Crippen LogP contribution in [0.3, 0.4) is 0 Å². The predicted octanol–water partition coefficient (Wildman–Crippen LogP) is 3.33. The molecule has 0 bridgehead atoms. The summed E-state index contributed by atoms with van der Waals surface area (Å²) in [6.45, 7) is 0. The van der Waals surface area contributed by atoms with Crippen LogP contribution >= 0.6 is 0 Å². The van der Waals surface area contributed by atoms with Gasteiger partial charge in [0.1, 0.15) is 17.0 Å². The Bertz CT molecular complexity index is 1090. The van der Waals surface area contributed by atoms with Crippen LogP contribution < -0.4 is 4.74 Å². The Kier molecular flexibility index (Phi) is 2.75. The molecule has 0 saturated heterocycles. The van der Waals surface area contributed by atoms with E-state index in [1.54, 1.807) is 43.6 Å². The molecule has 0 radical (unpaired) electrons. The summed E-state index contributed by atoms with van der Waals surface area (Å²) in [5, 5.41) is 20.2. The Morgan fingerprint density at radius 2 is 2.13 bits per heavy atom. The molecule has 6 heteroatoms. The Labute approximate surface area is 130 Å².